The zero-order chi connectivity index (χ0) is 17.7. The summed E-state index contributed by atoms with van der Waals surface area (Å²) in [4.78, 5) is 33.9. The highest BCUT2D eigenvalue weighted by atomic mass is 19.1. The lowest BCUT2D eigenvalue weighted by molar-refractivity contribution is -0.109. The second kappa shape index (κ2) is 7.54. The van der Waals surface area contributed by atoms with E-state index in [1.807, 2.05) is 0 Å². The molecule has 24 heavy (non-hydrogen) atoms. The van der Waals surface area contributed by atoms with Gasteiger partial charge in [-0.15, -0.1) is 0 Å². The van der Waals surface area contributed by atoms with Crippen molar-refractivity contribution in [3.63, 3.8) is 0 Å². The van der Waals surface area contributed by atoms with E-state index in [1.165, 1.54) is 0 Å². The largest absolute Gasteiger partial charge is 0.342 e. The van der Waals surface area contributed by atoms with Gasteiger partial charge in [-0.3, -0.25) is 9.59 Å². The molecule has 7 heteroatoms. The molecule has 0 aliphatic carbocycles. The fourth-order valence-electron chi connectivity index (χ4n) is 2.14. The number of hydrogen-bond acceptors (Lipinski definition) is 3. The van der Waals surface area contributed by atoms with Gasteiger partial charge in [-0.2, -0.15) is 0 Å². The topological polar surface area (TPSA) is 63.2 Å². The number of aldehydes is 2. The fraction of sp³-hybridized carbons (Fsp3) is 0.118. The van der Waals surface area contributed by atoms with Gasteiger partial charge >= 0.3 is 0 Å². The minimum Gasteiger partial charge on any atom is -0.342 e. The van der Waals surface area contributed by atoms with Crippen molar-refractivity contribution in [2.24, 2.45) is 0 Å². The van der Waals surface area contributed by atoms with E-state index in [4.69, 9.17) is 0 Å². The molecule has 0 fully saturated rings. The van der Waals surface area contributed by atoms with Gasteiger partial charge in [0.15, 0.2) is 6.29 Å². The van der Waals surface area contributed by atoms with Crippen LogP contribution in [0.1, 0.15) is 26.3 Å². The normalized spacial score (nSPS) is 11.6. The van der Waals surface area contributed by atoms with Crippen molar-refractivity contribution in [2.45, 2.75) is 12.5 Å². The molecule has 0 heterocycles. The maximum atomic E-state index is 13.2. The molecule has 1 N–H and O–H groups in total. The Bertz CT molecular complexity index is 772. The average Bonchev–Trinajstić information content (AvgIpc) is 2.53. The van der Waals surface area contributed by atoms with Crippen molar-refractivity contribution in [1.29, 1.82) is 0 Å². The molecular weight excluding hydrogens is 323 g/mol. The number of hydrogen-bond donors (Lipinski definition) is 1. The molecule has 0 aliphatic rings. The second-order valence-electron chi connectivity index (χ2n) is 5.05. The van der Waals surface area contributed by atoms with Crippen LogP contribution in [0.5, 0.6) is 0 Å². The summed E-state index contributed by atoms with van der Waals surface area (Å²) in [7, 11) is 0. The van der Waals surface area contributed by atoms with Crippen molar-refractivity contribution in [2.75, 3.05) is 0 Å². The lowest BCUT2D eigenvalue weighted by Gasteiger charge is -2.13. The van der Waals surface area contributed by atoms with E-state index >= 15 is 0 Å². The molecule has 4 nitrogen and oxygen atoms in total. The van der Waals surface area contributed by atoms with Gasteiger partial charge in [0, 0.05) is 11.6 Å². The molecule has 124 valence electrons. The molecule has 0 saturated heterocycles. The molecule has 0 bridgehead atoms. The van der Waals surface area contributed by atoms with E-state index in [2.05, 4.69) is 5.32 Å². The maximum absolute atomic E-state index is 13.2. The van der Waals surface area contributed by atoms with E-state index in [0.717, 1.165) is 30.3 Å². The molecule has 0 aliphatic heterocycles. The SMILES string of the molecule is O=Cc1cc(C(=O)N[C@H](C=O)Cc2cc(F)cc(F)c2)ccc1F. The van der Waals surface area contributed by atoms with Gasteiger partial charge < -0.3 is 10.1 Å². The van der Waals surface area contributed by atoms with Gasteiger partial charge in [-0.25, -0.2) is 13.2 Å². The first-order valence-electron chi connectivity index (χ1n) is 6.89. The predicted octanol–water partition coefficient (Wildman–Crippen LogP) is 2.46. The molecule has 0 aromatic heterocycles. The smallest absolute Gasteiger partial charge is 0.251 e. The highest BCUT2D eigenvalue weighted by Gasteiger charge is 2.16. The first-order chi connectivity index (χ1) is 11.4. The summed E-state index contributed by atoms with van der Waals surface area (Å²) in [6, 6.07) is 4.90. The van der Waals surface area contributed by atoms with E-state index in [0.29, 0.717) is 12.4 Å². The lowest BCUT2D eigenvalue weighted by atomic mass is 10.1. The Kier molecular flexibility index (Phi) is 5.47. The predicted molar refractivity (Wildman–Crippen MR) is 79.2 cm³/mol. The third-order valence-electron chi connectivity index (χ3n) is 3.24. The molecule has 0 spiro atoms. The fourth-order valence-corrected chi connectivity index (χ4v) is 2.14. The highest BCUT2D eigenvalue weighted by molar-refractivity contribution is 5.97. The quantitative estimate of drug-likeness (QED) is 0.825. The van der Waals surface area contributed by atoms with Crippen molar-refractivity contribution >= 4 is 18.5 Å². The van der Waals surface area contributed by atoms with E-state index in [9.17, 15) is 27.6 Å². The summed E-state index contributed by atoms with van der Waals surface area (Å²) in [5.41, 5.74) is -0.120. The van der Waals surface area contributed by atoms with Gasteiger partial charge in [-0.05, 0) is 42.3 Å². The van der Waals surface area contributed by atoms with E-state index in [1.54, 1.807) is 0 Å². The van der Waals surface area contributed by atoms with Crippen molar-refractivity contribution in [3.8, 4) is 0 Å². The molecule has 1 amide bonds. The Balaban J connectivity index is 2.13. The summed E-state index contributed by atoms with van der Waals surface area (Å²) in [5.74, 6) is -3.08. The van der Waals surface area contributed by atoms with Crippen LogP contribution in [-0.2, 0) is 11.2 Å². The Morgan fingerprint density at radius 1 is 1.04 bits per heavy atom. The Labute approximate surface area is 135 Å². The first kappa shape index (κ1) is 17.4. The molecule has 2 rings (SSSR count). The van der Waals surface area contributed by atoms with Crippen molar-refractivity contribution in [1.82, 2.24) is 5.32 Å². The third-order valence-corrected chi connectivity index (χ3v) is 3.24. The molecule has 0 radical (unpaired) electrons. The van der Waals surface area contributed by atoms with Crippen LogP contribution in [0.2, 0.25) is 0 Å². The second-order valence-corrected chi connectivity index (χ2v) is 5.05. The summed E-state index contributed by atoms with van der Waals surface area (Å²) >= 11 is 0. The number of carbonyl (C=O) groups excluding carboxylic acids is 3. The number of nitrogens with one attached hydrogen (secondary N) is 1. The zero-order valence-corrected chi connectivity index (χ0v) is 12.3. The standard InChI is InChI=1S/C17H12F3NO3/c18-13-3-10(4-14(19)7-13)5-15(9-23)21-17(24)11-1-2-16(20)12(6-11)8-22/h1-4,6-9,15H,5H2,(H,21,24)/t15-/m0/s1. The number of carbonyl (C=O) groups is 3. The monoisotopic (exact) mass is 335 g/mol. The first-order valence-corrected chi connectivity index (χ1v) is 6.89. The summed E-state index contributed by atoms with van der Waals surface area (Å²) in [6.45, 7) is 0. The van der Waals surface area contributed by atoms with Gasteiger partial charge in [0.1, 0.15) is 23.7 Å². The zero-order valence-electron chi connectivity index (χ0n) is 12.3. The summed E-state index contributed by atoms with van der Waals surface area (Å²) in [6.07, 6.45) is 0.565. The van der Waals surface area contributed by atoms with Crippen molar-refractivity contribution < 1.29 is 27.6 Å². The third kappa shape index (κ3) is 4.28. The van der Waals surface area contributed by atoms with E-state index in [-0.39, 0.29) is 29.4 Å². The van der Waals surface area contributed by atoms with Crippen LogP contribution in [0.25, 0.3) is 0 Å². The summed E-state index contributed by atoms with van der Waals surface area (Å²) in [5, 5.41) is 2.35. The lowest BCUT2D eigenvalue weighted by Crippen LogP contribution is -2.37. The van der Waals surface area contributed by atoms with E-state index < -0.39 is 29.4 Å². The molecule has 0 saturated carbocycles. The maximum Gasteiger partial charge on any atom is 0.251 e. The van der Waals surface area contributed by atoms with Gasteiger partial charge in [0.25, 0.3) is 5.91 Å². The van der Waals surface area contributed by atoms with Crippen molar-refractivity contribution in [3.05, 3.63) is 70.5 Å². The molecular formula is C17H12F3NO3. The van der Waals surface area contributed by atoms with Crippen LogP contribution in [-0.4, -0.2) is 24.5 Å². The molecule has 1 atom stereocenters. The van der Waals surface area contributed by atoms with Crippen LogP contribution in [0.15, 0.2) is 36.4 Å². The van der Waals surface area contributed by atoms with Crippen LogP contribution in [0, 0.1) is 17.5 Å². The number of benzene rings is 2. The minimum absolute atomic E-state index is 0.0178. The van der Waals surface area contributed by atoms with Gasteiger partial charge in [-0.1, -0.05) is 0 Å². The van der Waals surface area contributed by atoms with Gasteiger partial charge in [0.2, 0.25) is 0 Å². The van der Waals surface area contributed by atoms with Crippen LogP contribution in [0.4, 0.5) is 13.2 Å². The van der Waals surface area contributed by atoms with Crippen LogP contribution in [0.3, 0.4) is 0 Å². The van der Waals surface area contributed by atoms with Crippen LogP contribution < -0.4 is 5.32 Å². The summed E-state index contributed by atoms with van der Waals surface area (Å²) < 4.78 is 39.5. The van der Waals surface area contributed by atoms with Crippen LogP contribution >= 0.6 is 0 Å². The van der Waals surface area contributed by atoms with Gasteiger partial charge in [0.05, 0.1) is 11.6 Å². The molecule has 0 unspecified atom stereocenters. The number of halogens is 3. The number of amides is 1. The Morgan fingerprint density at radius 3 is 2.29 bits per heavy atom. The Hall–Kier alpha value is -2.96. The number of rotatable bonds is 6. The highest BCUT2D eigenvalue weighted by Crippen LogP contribution is 2.11. The molecule has 2 aromatic carbocycles. The molecule has 2 aromatic rings. The minimum atomic E-state index is -1.04. The average molecular weight is 335 g/mol. The Morgan fingerprint density at radius 2 is 1.71 bits per heavy atom.